The number of rotatable bonds is 0. The quantitative estimate of drug-likeness (QED) is 0.507. The van der Waals surface area contributed by atoms with Gasteiger partial charge in [0.05, 0.1) is 17.5 Å². The number of ether oxygens (including phenoxy) is 1. The second kappa shape index (κ2) is 1.92. The molecule has 0 aromatic heterocycles. The van der Waals surface area contributed by atoms with E-state index < -0.39 is 0 Å². The lowest BCUT2D eigenvalue weighted by atomic mass is 10.4. The van der Waals surface area contributed by atoms with Crippen LogP contribution >= 0.6 is 11.8 Å². The summed E-state index contributed by atoms with van der Waals surface area (Å²) in [6, 6.07) is 0. The molecule has 46 valence electrons. The first-order valence-corrected chi connectivity index (χ1v) is 3.61. The average Bonchev–Trinajstić information content (AvgIpc) is 2.33. The second-order valence-electron chi connectivity index (χ2n) is 1.76. The smallest absolute Gasteiger partial charge is 0.190 e. The summed E-state index contributed by atoms with van der Waals surface area (Å²) in [6.45, 7) is 0. The van der Waals surface area contributed by atoms with Gasteiger partial charge in [0, 0.05) is 0 Å². The van der Waals surface area contributed by atoms with E-state index in [1.807, 2.05) is 17.7 Å². The van der Waals surface area contributed by atoms with Gasteiger partial charge in [0.25, 0.3) is 0 Å². The summed E-state index contributed by atoms with van der Waals surface area (Å²) in [5.74, 6) is 0. The van der Waals surface area contributed by atoms with Gasteiger partial charge in [0.2, 0.25) is 0 Å². The molecule has 1 unspecified atom stereocenters. The Morgan fingerprint density at radius 1 is 1.67 bits per heavy atom. The summed E-state index contributed by atoms with van der Waals surface area (Å²) in [4.78, 5) is 4.08. The highest BCUT2D eigenvalue weighted by Crippen LogP contribution is 2.28. The SMILES string of the molecule is C1=COC2SC=NC2=C1. The average molecular weight is 139 g/mol. The molecule has 0 saturated carbocycles. The van der Waals surface area contributed by atoms with Crippen LogP contribution in [-0.2, 0) is 4.74 Å². The van der Waals surface area contributed by atoms with E-state index in [0.717, 1.165) is 5.70 Å². The molecule has 0 aromatic carbocycles. The minimum Gasteiger partial charge on any atom is -0.481 e. The Balaban J connectivity index is 2.31. The lowest BCUT2D eigenvalue weighted by Gasteiger charge is -2.11. The van der Waals surface area contributed by atoms with Crippen LogP contribution in [0.2, 0.25) is 0 Å². The zero-order valence-corrected chi connectivity index (χ0v) is 5.47. The standard InChI is InChI=1S/C6H5NOS/c1-2-5-6(8-3-1)9-4-7-5/h1-4,6H. The Labute approximate surface area is 57.3 Å². The van der Waals surface area contributed by atoms with Crippen molar-refractivity contribution in [1.29, 1.82) is 0 Å². The number of aliphatic imine (C=N–C) groups is 1. The third-order valence-corrected chi connectivity index (χ3v) is 2.00. The molecule has 0 fully saturated rings. The first kappa shape index (κ1) is 5.11. The van der Waals surface area contributed by atoms with E-state index in [1.54, 1.807) is 18.0 Å². The molecule has 3 heteroatoms. The molecule has 2 rings (SSSR count). The van der Waals surface area contributed by atoms with E-state index in [1.165, 1.54) is 0 Å². The number of hydrogen-bond donors (Lipinski definition) is 0. The molecule has 0 saturated heterocycles. The molecule has 2 nitrogen and oxygen atoms in total. The fourth-order valence-corrected chi connectivity index (χ4v) is 1.46. The monoisotopic (exact) mass is 139 g/mol. The van der Waals surface area contributed by atoms with Crippen molar-refractivity contribution < 1.29 is 4.74 Å². The molecule has 0 amide bonds. The van der Waals surface area contributed by atoms with Gasteiger partial charge >= 0.3 is 0 Å². The number of allylic oxidation sites excluding steroid dienone is 2. The van der Waals surface area contributed by atoms with Gasteiger partial charge in [-0.25, -0.2) is 4.99 Å². The van der Waals surface area contributed by atoms with Crippen molar-refractivity contribution in [1.82, 2.24) is 0 Å². The van der Waals surface area contributed by atoms with Crippen molar-refractivity contribution in [3.8, 4) is 0 Å². The van der Waals surface area contributed by atoms with Crippen molar-refractivity contribution in [3.63, 3.8) is 0 Å². The summed E-state index contributed by atoms with van der Waals surface area (Å²) in [7, 11) is 0. The summed E-state index contributed by atoms with van der Waals surface area (Å²) < 4.78 is 5.19. The maximum atomic E-state index is 5.19. The van der Waals surface area contributed by atoms with Crippen LogP contribution in [0.15, 0.2) is 29.1 Å². The zero-order valence-electron chi connectivity index (χ0n) is 4.65. The molecule has 2 aliphatic rings. The van der Waals surface area contributed by atoms with Gasteiger partial charge < -0.3 is 4.74 Å². The highest BCUT2D eigenvalue weighted by Gasteiger charge is 2.19. The van der Waals surface area contributed by atoms with Gasteiger partial charge in [-0.15, -0.1) is 0 Å². The lowest BCUT2D eigenvalue weighted by molar-refractivity contribution is 0.248. The molecule has 9 heavy (non-hydrogen) atoms. The molecule has 0 spiro atoms. The molecule has 0 bridgehead atoms. The number of fused-ring (bicyclic) bond motifs is 1. The molecule has 2 aliphatic heterocycles. The van der Waals surface area contributed by atoms with E-state index >= 15 is 0 Å². The largest absolute Gasteiger partial charge is 0.481 e. The lowest BCUT2D eigenvalue weighted by Crippen LogP contribution is -2.04. The topological polar surface area (TPSA) is 21.6 Å². The Hall–Kier alpha value is -0.700. The summed E-state index contributed by atoms with van der Waals surface area (Å²) in [5.41, 5.74) is 2.96. The van der Waals surface area contributed by atoms with Crippen molar-refractivity contribution in [2.45, 2.75) is 5.44 Å². The van der Waals surface area contributed by atoms with E-state index in [2.05, 4.69) is 4.99 Å². The predicted molar refractivity (Wildman–Crippen MR) is 38.2 cm³/mol. The van der Waals surface area contributed by atoms with E-state index in [0.29, 0.717) is 0 Å². The molecule has 0 N–H and O–H groups in total. The Morgan fingerprint density at radius 2 is 2.67 bits per heavy atom. The van der Waals surface area contributed by atoms with Crippen molar-refractivity contribution in [3.05, 3.63) is 24.1 Å². The number of hydrogen-bond acceptors (Lipinski definition) is 3. The van der Waals surface area contributed by atoms with E-state index in [4.69, 9.17) is 4.74 Å². The van der Waals surface area contributed by atoms with Crippen molar-refractivity contribution in [2.75, 3.05) is 0 Å². The fourth-order valence-electron chi connectivity index (χ4n) is 0.755. The first-order chi connectivity index (χ1) is 4.47. The van der Waals surface area contributed by atoms with Gasteiger partial charge in [-0.05, 0) is 12.2 Å². The highest BCUT2D eigenvalue weighted by atomic mass is 32.2. The van der Waals surface area contributed by atoms with Crippen LogP contribution in [0, 0.1) is 0 Å². The van der Waals surface area contributed by atoms with Gasteiger partial charge in [-0.1, -0.05) is 11.8 Å². The molecular formula is C6H5NOS. The summed E-state index contributed by atoms with van der Waals surface area (Å²) in [5, 5.41) is 0. The Morgan fingerprint density at radius 3 is 3.56 bits per heavy atom. The highest BCUT2D eigenvalue weighted by molar-refractivity contribution is 8.13. The minimum atomic E-state index is 0.134. The Kier molecular flexibility index (Phi) is 1.09. The fraction of sp³-hybridized carbons (Fsp3) is 0.167. The van der Waals surface area contributed by atoms with Crippen LogP contribution in [0.3, 0.4) is 0 Å². The van der Waals surface area contributed by atoms with Crippen LogP contribution < -0.4 is 0 Å². The van der Waals surface area contributed by atoms with Crippen molar-refractivity contribution in [2.24, 2.45) is 4.99 Å². The molecule has 0 radical (unpaired) electrons. The minimum absolute atomic E-state index is 0.134. The van der Waals surface area contributed by atoms with E-state index in [9.17, 15) is 0 Å². The van der Waals surface area contributed by atoms with Crippen LogP contribution in [0.25, 0.3) is 0 Å². The third kappa shape index (κ3) is 0.772. The Bertz CT molecular complexity index is 207. The van der Waals surface area contributed by atoms with Gasteiger partial charge in [-0.3, -0.25) is 0 Å². The molecule has 1 atom stereocenters. The van der Waals surface area contributed by atoms with Gasteiger partial charge in [0.1, 0.15) is 0 Å². The maximum absolute atomic E-state index is 5.19. The number of nitrogens with zero attached hydrogens (tertiary/aromatic N) is 1. The van der Waals surface area contributed by atoms with Crippen molar-refractivity contribution >= 4 is 17.3 Å². The summed E-state index contributed by atoms with van der Waals surface area (Å²) in [6.07, 6.45) is 5.51. The maximum Gasteiger partial charge on any atom is 0.190 e. The van der Waals surface area contributed by atoms with E-state index in [-0.39, 0.29) is 5.44 Å². The molecule has 0 aromatic rings. The predicted octanol–water partition coefficient (Wildman–Crippen LogP) is 1.52. The molecule has 0 aliphatic carbocycles. The molecular weight excluding hydrogens is 134 g/mol. The first-order valence-electron chi connectivity index (χ1n) is 2.67. The second-order valence-corrected chi connectivity index (χ2v) is 2.67. The van der Waals surface area contributed by atoms with Crippen LogP contribution in [0.1, 0.15) is 0 Å². The normalized spacial score (nSPS) is 29.3. The number of thioether (sulfide) groups is 1. The van der Waals surface area contributed by atoms with Gasteiger partial charge in [0.15, 0.2) is 5.44 Å². The third-order valence-electron chi connectivity index (χ3n) is 1.18. The zero-order chi connectivity index (χ0) is 6.10. The van der Waals surface area contributed by atoms with Crippen LogP contribution in [0.4, 0.5) is 0 Å². The summed E-state index contributed by atoms with van der Waals surface area (Å²) >= 11 is 1.59. The van der Waals surface area contributed by atoms with Crippen LogP contribution in [0.5, 0.6) is 0 Å². The van der Waals surface area contributed by atoms with Crippen LogP contribution in [-0.4, -0.2) is 11.0 Å². The molecule has 2 heterocycles. The van der Waals surface area contributed by atoms with Gasteiger partial charge in [-0.2, -0.15) is 0 Å².